The molecule has 1 saturated heterocycles. The third-order valence-corrected chi connectivity index (χ3v) is 5.80. The lowest BCUT2D eigenvalue weighted by Gasteiger charge is -2.09. The Kier molecular flexibility index (Phi) is 6.01. The summed E-state index contributed by atoms with van der Waals surface area (Å²) in [5.74, 6) is -0.354. The number of hydrogen-bond acceptors (Lipinski definition) is 8. The fourth-order valence-corrected chi connectivity index (χ4v) is 4.13. The zero-order valence-corrected chi connectivity index (χ0v) is 15.7. The highest BCUT2D eigenvalue weighted by Gasteiger charge is 2.30. The highest BCUT2D eigenvalue weighted by Crippen LogP contribution is 2.31. The Hall–Kier alpha value is -2.12. The fraction of sp³-hybridized carbons (Fsp3) is 0.214. The molecule has 2 amide bonds. The number of aromatic nitrogens is 2. The average Bonchev–Trinajstić information content (AvgIpc) is 3.22. The number of alkyl halides is 3. The van der Waals surface area contributed by atoms with Crippen molar-refractivity contribution in [1.82, 2.24) is 15.5 Å². The molecule has 1 aromatic carbocycles. The number of nitrogens with one attached hydrogen (secondary N) is 2. The van der Waals surface area contributed by atoms with Crippen molar-refractivity contribution in [2.24, 2.45) is 4.99 Å². The maximum atomic E-state index is 12.7. The van der Waals surface area contributed by atoms with Crippen LogP contribution in [-0.4, -0.2) is 38.7 Å². The summed E-state index contributed by atoms with van der Waals surface area (Å²) in [6.07, 6.45) is -4.48. The van der Waals surface area contributed by atoms with Gasteiger partial charge in [0.15, 0.2) is 9.51 Å². The van der Waals surface area contributed by atoms with Crippen LogP contribution in [0.5, 0.6) is 0 Å². The van der Waals surface area contributed by atoms with Crippen molar-refractivity contribution >= 4 is 62.7 Å². The Morgan fingerprint density at radius 2 is 2.19 bits per heavy atom. The molecule has 142 valence electrons. The Labute approximate surface area is 163 Å². The molecule has 3 rings (SSSR count). The van der Waals surface area contributed by atoms with Gasteiger partial charge in [0.1, 0.15) is 0 Å². The van der Waals surface area contributed by atoms with Gasteiger partial charge in [-0.25, -0.2) is 0 Å². The summed E-state index contributed by atoms with van der Waals surface area (Å²) in [4.78, 5) is 27.2. The van der Waals surface area contributed by atoms with Crippen molar-refractivity contribution in [3.05, 3.63) is 29.8 Å². The van der Waals surface area contributed by atoms with Gasteiger partial charge in [-0.15, -0.1) is 10.2 Å². The Morgan fingerprint density at radius 3 is 2.89 bits per heavy atom. The predicted molar refractivity (Wildman–Crippen MR) is 98.4 cm³/mol. The fourth-order valence-electron chi connectivity index (χ4n) is 1.88. The standard InChI is InChI=1S/C14H10F3N5O2S3/c15-14(16,17)7-2-1-3-8(4-7)18-9(23)6-26-13-22-21-12(27-13)20-11-19-10(24)5-25-11/h1-4H,5-6H2,(H,18,23)(H,19,20,21,24). The van der Waals surface area contributed by atoms with Crippen LogP contribution in [0.15, 0.2) is 33.6 Å². The van der Waals surface area contributed by atoms with Gasteiger partial charge in [-0.05, 0) is 18.2 Å². The van der Waals surface area contributed by atoms with E-state index >= 15 is 0 Å². The highest BCUT2D eigenvalue weighted by atomic mass is 32.2. The molecule has 27 heavy (non-hydrogen) atoms. The van der Waals surface area contributed by atoms with E-state index < -0.39 is 17.6 Å². The van der Waals surface area contributed by atoms with Gasteiger partial charge in [0.2, 0.25) is 16.9 Å². The number of benzene rings is 1. The molecule has 1 aromatic heterocycles. The number of anilines is 1. The quantitative estimate of drug-likeness (QED) is 0.704. The first kappa shape index (κ1) is 19.6. The Morgan fingerprint density at radius 1 is 1.37 bits per heavy atom. The van der Waals surface area contributed by atoms with Crippen LogP contribution in [0, 0.1) is 0 Å². The summed E-state index contributed by atoms with van der Waals surface area (Å²) in [5.41, 5.74) is -0.772. The molecule has 2 aromatic rings. The van der Waals surface area contributed by atoms with E-state index in [0.717, 1.165) is 35.2 Å². The van der Waals surface area contributed by atoms with E-state index in [2.05, 4.69) is 25.8 Å². The second kappa shape index (κ2) is 8.27. The summed E-state index contributed by atoms with van der Waals surface area (Å²) in [6, 6.07) is 4.40. The van der Waals surface area contributed by atoms with Gasteiger partial charge >= 0.3 is 6.18 Å². The number of halogens is 3. The third-order valence-electron chi connectivity index (χ3n) is 2.98. The van der Waals surface area contributed by atoms with Crippen molar-refractivity contribution in [2.45, 2.75) is 10.5 Å². The van der Waals surface area contributed by atoms with Crippen LogP contribution in [0.25, 0.3) is 0 Å². The number of amidine groups is 1. The highest BCUT2D eigenvalue weighted by molar-refractivity contribution is 8.15. The molecule has 0 atom stereocenters. The number of carbonyl (C=O) groups is 2. The van der Waals surface area contributed by atoms with E-state index in [1.165, 1.54) is 23.9 Å². The van der Waals surface area contributed by atoms with E-state index in [1.807, 2.05) is 0 Å². The van der Waals surface area contributed by atoms with Crippen molar-refractivity contribution in [3.63, 3.8) is 0 Å². The number of amides is 2. The second-order valence-electron chi connectivity index (χ2n) is 5.02. The minimum Gasteiger partial charge on any atom is -0.325 e. The number of hydrogen-bond donors (Lipinski definition) is 2. The van der Waals surface area contributed by atoms with Gasteiger partial charge in [0.05, 0.1) is 17.1 Å². The average molecular weight is 433 g/mol. The lowest BCUT2D eigenvalue weighted by molar-refractivity contribution is -0.137. The monoisotopic (exact) mass is 433 g/mol. The molecule has 0 radical (unpaired) electrons. The van der Waals surface area contributed by atoms with Crippen molar-refractivity contribution in [2.75, 3.05) is 16.8 Å². The van der Waals surface area contributed by atoms with Crippen LogP contribution < -0.4 is 10.6 Å². The summed E-state index contributed by atoms with van der Waals surface area (Å²) < 4.78 is 38.5. The smallest absolute Gasteiger partial charge is 0.325 e. The van der Waals surface area contributed by atoms with Crippen LogP contribution >= 0.6 is 34.9 Å². The summed E-state index contributed by atoms with van der Waals surface area (Å²) in [7, 11) is 0. The molecule has 0 bridgehead atoms. The first-order valence-corrected chi connectivity index (χ1v) is 10.0. The molecule has 0 saturated carbocycles. The summed E-state index contributed by atoms with van der Waals surface area (Å²) in [6.45, 7) is 0. The van der Waals surface area contributed by atoms with Crippen LogP contribution in [0.1, 0.15) is 5.56 Å². The van der Waals surface area contributed by atoms with Gasteiger partial charge in [-0.2, -0.15) is 18.2 Å². The predicted octanol–water partition coefficient (Wildman–Crippen LogP) is 3.14. The second-order valence-corrected chi connectivity index (χ2v) is 8.16. The van der Waals surface area contributed by atoms with Crippen molar-refractivity contribution in [3.8, 4) is 0 Å². The SMILES string of the molecule is O=C1CS/C(=N/c2nnc(SCC(=O)Nc3cccc(C(F)(F)F)c3)s2)N1. The molecule has 1 aliphatic rings. The largest absolute Gasteiger partial charge is 0.416 e. The molecule has 0 spiro atoms. The summed E-state index contributed by atoms with van der Waals surface area (Å²) >= 11 is 3.47. The molecular formula is C14H10F3N5O2S3. The number of nitrogens with zero attached hydrogens (tertiary/aromatic N) is 3. The minimum absolute atomic E-state index is 0.0487. The summed E-state index contributed by atoms with van der Waals surface area (Å²) in [5, 5.41) is 13.5. The third kappa shape index (κ3) is 5.68. The zero-order chi connectivity index (χ0) is 19.4. The first-order valence-electron chi connectivity index (χ1n) is 7.24. The zero-order valence-electron chi connectivity index (χ0n) is 13.2. The van der Waals surface area contributed by atoms with Gasteiger partial charge in [-0.3, -0.25) is 9.59 Å². The number of carbonyl (C=O) groups excluding carboxylic acids is 2. The molecule has 2 N–H and O–H groups in total. The number of thioether (sulfide) groups is 2. The van der Waals surface area contributed by atoms with E-state index in [4.69, 9.17) is 0 Å². The van der Waals surface area contributed by atoms with Crippen LogP contribution in [0.3, 0.4) is 0 Å². The van der Waals surface area contributed by atoms with Crippen molar-refractivity contribution < 1.29 is 22.8 Å². The molecule has 1 fully saturated rings. The molecule has 13 heteroatoms. The lowest BCUT2D eigenvalue weighted by Crippen LogP contribution is -2.19. The van der Waals surface area contributed by atoms with Crippen LogP contribution in [-0.2, 0) is 15.8 Å². The van der Waals surface area contributed by atoms with Crippen LogP contribution in [0.2, 0.25) is 0 Å². The van der Waals surface area contributed by atoms with Gasteiger partial charge < -0.3 is 10.6 Å². The Balaban J connectivity index is 1.53. The minimum atomic E-state index is -4.48. The maximum Gasteiger partial charge on any atom is 0.416 e. The molecule has 0 unspecified atom stereocenters. The van der Waals surface area contributed by atoms with Gasteiger partial charge in [-0.1, -0.05) is 40.9 Å². The first-order chi connectivity index (χ1) is 12.8. The Bertz CT molecular complexity index is 900. The van der Waals surface area contributed by atoms with E-state index in [1.54, 1.807) is 0 Å². The normalized spacial score (nSPS) is 15.8. The van der Waals surface area contributed by atoms with E-state index in [-0.39, 0.29) is 17.3 Å². The number of rotatable bonds is 5. The topological polar surface area (TPSA) is 96.3 Å². The van der Waals surface area contributed by atoms with Gasteiger partial charge in [0, 0.05) is 5.69 Å². The molecule has 1 aliphatic heterocycles. The lowest BCUT2D eigenvalue weighted by atomic mass is 10.2. The molecular weight excluding hydrogens is 423 g/mol. The molecule has 0 aliphatic carbocycles. The van der Waals surface area contributed by atoms with Crippen molar-refractivity contribution in [1.29, 1.82) is 0 Å². The van der Waals surface area contributed by atoms with Crippen LogP contribution in [0.4, 0.5) is 24.0 Å². The van der Waals surface area contributed by atoms with E-state index in [0.29, 0.717) is 20.4 Å². The number of aliphatic imine (C=N–C) groups is 1. The van der Waals surface area contributed by atoms with Gasteiger partial charge in [0.25, 0.3) is 0 Å². The maximum absolute atomic E-state index is 12.7. The van der Waals surface area contributed by atoms with E-state index in [9.17, 15) is 22.8 Å². The molecule has 7 nitrogen and oxygen atoms in total. The molecule has 2 heterocycles.